The number of aromatic nitrogens is 4. The zero-order chi connectivity index (χ0) is 22.9. The van der Waals surface area contributed by atoms with Gasteiger partial charge in [0.2, 0.25) is 0 Å². The van der Waals surface area contributed by atoms with Gasteiger partial charge in [0.15, 0.2) is 20.8 Å². The van der Waals surface area contributed by atoms with Gasteiger partial charge in [-0.3, -0.25) is 4.79 Å². The molecule has 0 spiro atoms. The summed E-state index contributed by atoms with van der Waals surface area (Å²) in [5.41, 5.74) is 4.47. The number of carbonyl (C=O) groups excluding carboxylic acids is 1. The van der Waals surface area contributed by atoms with Gasteiger partial charge in [-0.1, -0.05) is 23.4 Å². The zero-order valence-electron chi connectivity index (χ0n) is 19.1. The van der Waals surface area contributed by atoms with Crippen LogP contribution in [0.4, 0.5) is 0 Å². The van der Waals surface area contributed by atoms with E-state index in [-0.39, 0.29) is 29.0 Å². The van der Waals surface area contributed by atoms with Crippen LogP contribution in [-0.4, -0.2) is 50.8 Å². The lowest BCUT2D eigenvalue weighted by Gasteiger charge is -2.15. The first-order valence-corrected chi connectivity index (χ1v) is 14.2. The number of thioether (sulfide) groups is 1. The summed E-state index contributed by atoms with van der Waals surface area (Å²) in [5, 5.41) is 9.09. The number of hydrogen-bond donors (Lipinski definition) is 0. The van der Waals surface area contributed by atoms with Gasteiger partial charge in [-0.25, -0.2) is 8.42 Å². The van der Waals surface area contributed by atoms with Crippen molar-refractivity contribution in [1.29, 1.82) is 0 Å². The van der Waals surface area contributed by atoms with Crippen molar-refractivity contribution < 1.29 is 13.2 Å². The van der Waals surface area contributed by atoms with Crippen molar-refractivity contribution in [2.75, 3.05) is 17.3 Å². The molecule has 1 aliphatic heterocycles. The summed E-state index contributed by atoms with van der Waals surface area (Å²) in [6, 6.07) is 2.00. The number of sulfone groups is 1. The van der Waals surface area contributed by atoms with E-state index < -0.39 is 9.84 Å². The molecule has 0 radical (unpaired) electrons. The van der Waals surface area contributed by atoms with Crippen LogP contribution in [0.5, 0.6) is 0 Å². The Balaban J connectivity index is 1.39. The lowest BCUT2D eigenvalue weighted by atomic mass is 9.97. The number of ketones is 1. The first kappa shape index (κ1) is 23.3. The van der Waals surface area contributed by atoms with Gasteiger partial charge in [0.05, 0.1) is 17.3 Å². The highest BCUT2D eigenvalue weighted by Gasteiger charge is 2.32. The van der Waals surface area contributed by atoms with Crippen LogP contribution in [0.1, 0.15) is 72.0 Å². The van der Waals surface area contributed by atoms with Crippen LogP contribution in [0.15, 0.2) is 22.9 Å². The number of hydrogen-bond acceptors (Lipinski definition) is 6. The Kier molecular flexibility index (Phi) is 6.95. The molecule has 2 aromatic heterocycles. The van der Waals surface area contributed by atoms with Crippen LogP contribution < -0.4 is 0 Å². The summed E-state index contributed by atoms with van der Waals surface area (Å²) < 4.78 is 27.7. The van der Waals surface area contributed by atoms with Crippen LogP contribution in [0.2, 0.25) is 0 Å². The highest BCUT2D eigenvalue weighted by atomic mass is 32.2. The molecule has 0 amide bonds. The Morgan fingerprint density at radius 1 is 1.25 bits per heavy atom. The van der Waals surface area contributed by atoms with Gasteiger partial charge in [-0.15, -0.1) is 10.2 Å². The summed E-state index contributed by atoms with van der Waals surface area (Å²) in [4.78, 5) is 13.0. The van der Waals surface area contributed by atoms with Gasteiger partial charge in [0, 0.05) is 36.5 Å². The Morgan fingerprint density at radius 2 is 2.06 bits per heavy atom. The monoisotopic (exact) mass is 476 g/mol. The molecule has 0 N–H and O–H groups in total. The van der Waals surface area contributed by atoms with E-state index in [0.717, 1.165) is 29.9 Å². The Morgan fingerprint density at radius 3 is 2.75 bits per heavy atom. The quantitative estimate of drug-likeness (QED) is 0.325. The van der Waals surface area contributed by atoms with Crippen LogP contribution >= 0.6 is 11.8 Å². The minimum atomic E-state index is -2.98. The summed E-state index contributed by atoms with van der Waals surface area (Å²) in [7, 11) is -1.13. The summed E-state index contributed by atoms with van der Waals surface area (Å²) in [6.45, 7) is 5.01. The number of nitrogens with zero attached hydrogens (tertiary/aromatic N) is 4. The van der Waals surface area contributed by atoms with Crippen molar-refractivity contribution in [2.45, 2.75) is 70.0 Å². The largest absolute Gasteiger partial charge is 0.348 e. The predicted molar refractivity (Wildman–Crippen MR) is 127 cm³/mol. The average molecular weight is 477 g/mol. The van der Waals surface area contributed by atoms with E-state index in [1.165, 1.54) is 37.4 Å². The van der Waals surface area contributed by atoms with E-state index in [9.17, 15) is 13.2 Å². The van der Waals surface area contributed by atoms with Crippen molar-refractivity contribution in [3.8, 4) is 0 Å². The molecule has 1 unspecified atom stereocenters. The molecule has 0 aromatic carbocycles. The van der Waals surface area contributed by atoms with Crippen LogP contribution in [-0.2, 0) is 23.4 Å². The highest BCUT2D eigenvalue weighted by Crippen LogP contribution is 2.30. The van der Waals surface area contributed by atoms with Gasteiger partial charge in [0.25, 0.3) is 0 Å². The maximum absolute atomic E-state index is 13.0. The first-order valence-electron chi connectivity index (χ1n) is 11.4. The third-order valence-corrected chi connectivity index (χ3v) is 9.50. The van der Waals surface area contributed by atoms with Crippen LogP contribution in [0.3, 0.4) is 0 Å². The molecule has 0 saturated carbocycles. The smallest absolute Gasteiger partial charge is 0.191 e. The van der Waals surface area contributed by atoms with E-state index in [2.05, 4.69) is 27.8 Å². The second-order valence-electron chi connectivity index (χ2n) is 9.01. The number of allylic oxidation sites excluding steroid dienone is 2. The van der Waals surface area contributed by atoms with E-state index in [1.807, 2.05) is 24.6 Å². The summed E-state index contributed by atoms with van der Waals surface area (Å²) in [5.74, 6) is 1.28. The van der Waals surface area contributed by atoms with Gasteiger partial charge in [-0.2, -0.15) is 0 Å². The number of aryl methyl sites for hydroxylation is 1. The van der Waals surface area contributed by atoms with Crippen molar-refractivity contribution >= 4 is 27.4 Å². The molecular formula is C23H32N4O3S2. The highest BCUT2D eigenvalue weighted by molar-refractivity contribution is 7.99. The van der Waals surface area contributed by atoms with E-state index >= 15 is 0 Å². The van der Waals surface area contributed by atoms with E-state index in [1.54, 1.807) is 5.57 Å². The molecular weight excluding hydrogens is 444 g/mol. The molecule has 1 atom stereocenters. The van der Waals surface area contributed by atoms with Crippen molar-refractivity contribution in [3.63, 3.8) is 0 Å². The van der Waals surface area contributed by atoms with Crippen LogP contribution in [0, 0.1) is 13.8 Å². The molecule has 1 fully saturated rings. The third kappa shape index (κ3) is 5.03. The fourth-order valence-corrected chi connectivity index (χ4v) is 7.37. The first-order chi connectivity index (χ1) is 15.2. The molecule has 9 heteroatoms. The molecule has 32 heavy (non-hydrogen) atoms. The number of carbonyl (C=O) groups is 1. The van der Waals surface area contributed by atoms with Crippen molar-refractivity contribution in [3.05, 3.63) is 40.5 Å². The minimum Gasteiger partial charge on any atom is -0.348 e. The molecule has 174 valence electrons. The topological polar surface area (TPSA) is 86.9 Å². The molecule has 2 aliphatic rings. The maximum Gasteiger partial charge on any atom is 0.191 e. The number of rotatable bonds is 8. The molecule has 1 aliphatic carbocycles. The molecule has 7 nitrogen and oxygen atoms in total. The van der Waals surface area contributed by atoms with E-state index in [0.29, 0.717) is 17.4 Å². The lowest BCUT2D eigenvalue weighted by Crippen LogP contribution is -2.10. The van der Waals surface area contributed by atoms with Crippen molar-refractivity contribution in [2.24, 2.45) is 7.05 Å². The van der Waals surface area contributed by atoms with Gasteiger partial charge in [-0.05, 0) is 58.4 Å². The Bertz CT molecular complexity index is 1140. The minimum absolute atomic E-state index is 0.0826. The Hall–Kier alpha value is -1.87. The van der Waals surface area contributed by atoms with Gasteiger partial charge < -0.3 is 9.13 Å². The summed E-state index contributed by atoms with van der Waals surface area (Å²) >= 11 is 1.36. The van der Waals surface area contributed by atoms with Gasteiger partial charge >= 0.3 is 0 Å². The van der Waals surface area contributed by atoms with Crippen LogP contribution in [0.25, 0.3) is 0 Å². The SMILES string of the molecule is Cc1cc(C(=O)CSc2nnc(C3CCS(=O)(=O)C3)n2C)c(C)n1CCC1=CCCCC1. The van der Waals surface area contributed by atoms with E-state index in [4.69, 9.17) is 0 Å². The maximum atomic E-state index is 13.0. The Labute approximate surface area is 194 Å². The second-order valence-corrected chi connectivity index (χ2v) is 12.2. The fraction of sp³-hybridized carbons (Fsp3) is 0.609. The number of Topliss-reactive ketones (excluding diaryl/α,β-unsaturated/α-hetero) is 1. The van der Waals surface area contributed by atoms with Crippen molar-refractivity contribution in [1.82, 2.24) is 19.3 Å². The molecule has 1 saturated heterocycles. The second kappa shape index (κ2) is 9.55. The molecule has 3 heterocycles. The average Bonchev–Trinajstić information content (AvgIpc) is 3.40. The molecule has 2 aromatic rings. The lowest BCUT2D eigenvalue weighted by molar-refractivity contribution is 0.102. The molecule has 4 rings (SSSR count). The third-order valence-electron chi connectivity index (χ3n) is 6.71. The van der Waals surface area contributed by atoms with Gasteiger partial charge in [0.1, 0.15) is 5.82 Å². The molecule has 0 bridgehead atoms. The zero-order valence-corrected chi connectivity index (χ0v) is 20.8. The standard InChI is InChI=1S/C23H32N4O3S2/c1-16-13-20(17(2)27(16)11-9-18-7-5-4-6-8-18)21(28)14-31-23-25-24-22(26(23)3)19-10-12-32(29,30)15-19/h7,13,19H,4-6,8-12,14-15H2,1-3H3. The fourth-order valence-electron chi connectivity index (χ4n) is 4.83. The normalized spacial score (nSPS) is 20.5. The summed E-state index contributed by atoms with van der Waals surface area (Å²) in [6.07, 6.45) is 9.01. The predicted octanol–water partition coefficient (Wildman–Crippen LogP) is 4.00.